The van der Waals surface area contributed by atoms with Gasteiger partial charge in [-0.3, -0.25) is 9.59 Å². The van der Waals surface area contributed by atoms with E-state index in [0.29, 0.717) is 0 Å². The highest BCUT2D eigenvalue weighted by Gasteiger charge is 2.01. The number of nitrogens with zero attached hydrogens (tertiary/aromatic N) is 4. The summed E-state index contributed by atoms with van der Waals surface area (Å²) in [6.45, 7) is 12.3. The first-order chi connectivity index (χ1) is 13.7. The molecular formula is C20H32Cl2N6O2. The third kappa shape index (κ3) is 13.6. The SMILES string of the molecule is C=CCn1cc[n+](CCCNC=O)c1.C=CCn1cc[n+](CCCNC=O)c1.[Cl-].[Cl-]. The fraction of sp³-hybridized carbons (Fsp3) is 0.400. The fourth-order valence-electron chi connectivity index (χ4n) is 2.50. The van der Waals surface area contributed by atoms with Crippen LogP contribution in [0, 0.1) is 0 Å². The molecule has 0 saturated heterocycles. The van der Waals surface area contributed by atoms with Gasteiger partial charge >= 0.3 is 0 Å². The Bertz CT molecular complexity index is 657. The third-order valence-electron chi connectivity index (χ3n) is 3.81. The Morgan fingerprint density at radius 2 is 1.17 bits per heavy atom. The van der Waals surface area contributed by atoms with Crippen LogP contribution in [0.2, 0.25) is 0 Å². The van der Waals surface area contributed by atoms with Gasteiger partial charge in [-0.15, -0.1) is 0 Å². The van der Waals surface area contributed by atoms with Crippen molar-refractivity contribution in [1.82, 2.24) is 19.8 Å². The molecule has 0 aliphatic rings. The summed E-state index contributed by atoms with van der Waals surface area (Å²) in [5, 5.41) is 5.27. The van der Waals surface area contributed by atoms with Crippen LogP contribution in [-0.4, -0.2) is 35.0 Å². The van der Waals surface area contributed by atoms with Crippen molar-refractivity contribution in [3.05, 3.63) is 62.8 Å². The molecule has 0 aliphatic carbocycles. The minimum Gasteiger partial charge on any atom is -1.00 e. The van der Waals surface area contributed by atoms with Gasteiger partial charge in [-0.2, -0.15) is 0 Å². The number of rotatable bonds is 14. The average molecular weight is 459 g/mol. The Morgan fingerprint density at radius 1 is 0.767 bits per heavy atom. The second kappa shape index (κ2) is 19.7. The van der Waals surface area contributed by atoms with Gasteiger partial charge in [0.1, 0.15) is 37.9 Å². The largest absolute Gasteiger partial charge is 1.00 e. The quantitative estimate of drug-likeness (QED) is 0.128. The number of carbonyl (C=O) groups excluding carboxylic acids is 2. The van der Waals surface area contributed by atoms with Crippen LogP contribution in [0.4, 0.5) is 0 Å². The Labute approximate surface area is 191 Å². The van der Waals surface area contributed by atoms with Crippen LogP contribution in [0.3, 0.4) is 0 Å². The molecule has 0 spiro atoms. The lowest BCUT2D eigenvalue weighted by Gasteiger charge is -1.95. The van der Waals surface area contributed by atoms with Crippen molar-refractivity contribution in [2.75, 3.05) is 13.1 Å². The maximum Gasteiger partial charge on any atom is 0.244 e. The van der Waals surface area contributed by atoms with Crippen LogP contribution < -0.4 is 44.6 Å². The summed E-state index contributed by atoms with van der Waals surface area (Å²) in [4.78, 5) is 19.9. The molecule has 2 rings (SSSR count). The first kappa shape index (κ1) is 29.6. The van der Waals surface area contributed by atoms with Gasteiger partial charge in [-0.25, -0.2) is 18.3 Å². The number of hydrogen-bond acceptors (Lipinski definition) is 2. The lowest BCUT2D eigenvalue weighted by atomic mass is 10.4. The van der Waals surface area contributed by atoms with E-state index in [1.54, 1.807) is 0 Å². The van der Waals surface area contributed by atoms with E-state index in [0.717, 1.165) is 64.9 Å². The summed E-state index contributed by atoms with van der Waals surface area (Å²) in [5.41, 5.74) is 0. The zero-order valence-electron chi connectivity index (χ0n) is 17.2. The predicted molar refractivity (Wildman–Crippen MR) is 107 cm³/mol. The smallest absolute Gasteiger partial charge is 0.244 e. The monoisotopic (exact) mass is 458 g/mol. The van der Waals surface area contributed by atoms with Crippen molar-refractivity contribution in [2.45, 2.75) is 39.0 Å². The Hall–Kier alpha value is -2.58. The summed E-state index contributed by atoms with van der Waals surface area (Å²) < 4.78 is 8.30. The fourth-order valence-corrected chi connectivity index (χ4v) is 2.50. The van der Waals surface area contributed by atoms with Crippen LogP contribution in [0.5, 0.6) is 0 Å². The number of allylic oxidation sites excluding steroid dienone is 2. The molecule has 0 aromatic carbocycles. The normalized spacial score (nSPS) is 9.07. The van der Waals surface area contributed by atoms with Gasteiger partial charge in [-0.1, -0.05) is 25.3 Å². The molecule has 2 aromatic rings. The average Bonchev–Trinajstić information content (AvgIpc) is 3.33. The Morgan fingerprint density at radius 3 is 1.50 bits per heavy atom. The van der Waals surface area contributed by atoms with Gasteiger partial charge in [0, 0.05) is 25.9 Å². The van der Waals surface area contributed by atoms with Gasteiger partial charge in [0.05, 0.1) is 13.1 Å². The molecule has 30 heavy (non-hydrogen) atoms. The molecule has 0 bridgehead atoms. The lowest BCUT2D eigenvalue weighted by molar-refractivity contribution is -0.696. The maximum absolute atomic E-state index is 9.97. The Balaban J connectivity index is 0. The van der Waals surface area contributed by atoms with Crippen LogP contribution in [0.15, 0.2) is 62.8 Å². The highest BCUT2D eigenvalue weighted by molar-refractivity contribution is 5.45. The van der Waals surface area contributed by atoms with Gasteiger partial charge in [0.2, 0.25) is 25.5 Å². The number of nitrogens with one attached hydrogen (secondary N) is 2. The topological polar surface area (TPSA) is 75.8 Å². The summed E-state index contributed by atoms with van der Waals surface area (Å²) in [7, 11) is 0. The van der Waals surface area contributed by atoms with Crippen molar-refractivity contribution in [1.29, 1.82) is 0 Å². The number of amides is 2. The molecular weight excluding hydrogens is 427 g/mol. The van der Waals surface area contributed by atoms with E-state index in [1.807, 2.05) is 49.6 Å². The second-order valence-corrected chi connectivity index (χ2v) is 6.12. The van der Waals surface area contributed by atoms with Crippen molar-refractivity contribution in [3.8, 4) is 0 Å². The molecule has 0 unspecified atom stereocenters. The van der Waals surface area contributed by atoms with Crippen LogP contribution >= 0.6 is 0 Å². The molecule has 0 atom stereocenters. The van der Waals surface area contributed by atoms with E-state index < -0.39 is 0 Å². The molecule has 0 radical (unpaired) electrons. The lowest BCUT2D eigenvalue weighted by Crippen LogP contribution is -3.00. The molecule has 2 aromatic heterocycles. The number of carbonyl (C=O) groups is 2. The number of aromatic nitrogens is 4. The highest BCUT2D eigenvalue weighted by atomic mass is 35.5. The third-order valence-corrected chi connectivity index (χ3v) is 3.81. The van der Waals surface area contributed by atoms with Crippen molar-refractivity contribution >= 4 is 12.8 Å². The standard InChI is InChI=1S/2C10H15N3O.2ClH/c2*1-2-5-12-7-8-13(10-12)6-3-4-11-9-14;;/h2*2,7-10H,1,3-6H2;2*1H. The first-order valence-electron chi connectivity index (χ1n) is 9.39. The van der Waals surface area contributed by atoms with Gasteiger partial charge in [-0.05, 0) is 0 Å². The minimum atomic E-state index is 0. The predicted octanol–water partition coefficient (Wildman–Crippen LogP) is -5.80. The molecule has 0 fully saturated rings. The molecule has 2 amide bonds. The van der Waals surface area contributed by atoms with Crippen LogP contribution in [0.25, 0.3) is 0 Å². The van der Waals surface area contributed by atoms with Crippen molar-refractivity contribution in [3.63, 3.8) is 0 Å². The van der Waals surface area contributed by atoms with Gasteiger partial charge in [0.25, 0.3) is 0 Å². The molecule has 10 heteroatoms. The summed E-state index contributed by atoms with van der Waals surface area (Å²) in [5.74, 6) is 0. The number of halogens is 2. The van der Waals surface area contributed by atoms with Gasteiger partial charge < -0.3 is 35.4 Å². The molecule has 8 nitrogen and oxygen atoms in total. The number of imidazole rings is 2. The zero-order chi connectivity index (χ0) is 20.5. The van der Waals surface area contributed by atoms with Crippen LogP contribution in [0.1, 0.15) is 12.8 Å². The number of aryl methyl sites for hydroxylation is 2. The molecule has 0 saturated carbocycles. The molecule has 168 valence electrons. The summed E-state index contributed by atoms with van der Waals surface area (Å²) in [6.07, 6.45) is 19.2. The minimum absolute atomic E-state index is 0. The van der Waals surface area contributed by atoms with Crippen LogP contribution in [-0.2, 0) is 35.8 Å². The van der Waals surface area contributed by atoms with Crippen molar-refractivity contribution in [2.24, 2.45) is 0 Å². The van der Waals surface area contributed by atoms with E-state index in [2.05, 4.69) is 42.1 Å². The summed E-state index contributed by atoms with van der Waals surface area (Å²) in [6, 6.07) is 0. The van der Waals surface area contributed by atoms with E-state index in [9.17, 15) is 9.59 Å². The summed E-state index contributed by atoms with van der Waals surface area (Å²) >= 11 is 0. The highest BCUT2D eigenvalue weighted by Crippen LogP contribution is 1.87. The van der Waals surface area contributed by atoms with E-state index in [1.165, 1.54) is 0 Å². The van der Waals surface area contributed by atoms with Crippen molar-refractivity contribution < 1.29 is 43.5 Å². The van der Waals surface area contributed by atoms with Gasteiger partial charge in [0.15, 0.2) is 0 Å². The Kier molecular flexibility index (Phi) is 19.5. The molecule has 2 N–H and O–H groups in total. The zero-order valence-corrected chi connectivity index (χ0v) is 18.7. The molecule has 2 heterocycles. The first-order valence-corrected chi connectivity index (χ1v) is 9.39. The number of hydrogen-bond donors (Lipinski definition) is 2. The van der Waals surface area contributed by atoms with E-state index in [4.69, 9.17) is 0 Å². The second-order valence-electron chi connectivity index (χ2n) is 6.12. The van der Waals surface area contributed by atoms with E-state index >= 15 is 0 Å². The molecule has 0 aliphatic heterocycles. The van der Waals surface area contributed by atoms with E-state index in [-0.39, 0.29) is 24.8 Å². The maximum atomic E-state index is 9.97.